The molecular formula is C20H17F5N2OS. The number of hydrogen-bond acceptors (Lipinski definition) is 4. The van der Waals surface area contributed by atoms with Gasteiger partial charge in [0, 0.05) is 23.3 Å². The second-order valence-corrected chi connectivity index (χ2v) is 8.21. The molecule has 2 heterocycles. The maximum absolute atomic E-state index is 14.6. The average molecular weight is 428 g/mol. The van der Waals surface area contributed by atoms with Gasteiger partial charge in [-0.05, 0) is 30.2 Å². The number of alkyl halides is 3. The van der Waals surface area contributed by atoms with Crippen LogP contribution in [-0.2, 0) is 16.5 Å². The van der Waals surface area contributed by atoms with Crippen molar-refractivity contribution in [1.82, 2.24) is 0 Å². The summed E-state index contributed by atoms with van der Waals surface area (Å²) in [7, 11) is 0. The van der Waals surface area contributed by atoms with Gasteiger partial charge >= 0.3 is 6.18 Å². The fourth-order valence-electron chi connectivity index (χ4n) is 3.96. The van der Waals surface area contributed by atoms with Crippen LogP contribution in [0.2, 0.25) is 0 Å². The minimum atomic E-state index is -4.45. The van der Waals surface area contributed by atoms with Crippen molar-refractivity contribution in [3.8, 4) is 0 Å². The van der Waals surface area contributed by atoms with Crippen LogP contribution in [0.3, 0.4) is 0 Å². The molecule has 2 aliphatic rings. The highest BCUT2D eigenvalue weighted by Gasteiger charge is 2.49. The van der Waals surface area contributed by atoms with Crippen molar-refractivity contribution in [2.75, 3.05) is 12.4 Å². The largest absolute Gasteiger partial charge is 0.416 e. The predicted molar refractivity (Wildman–Crippen MR) is 100 cm³/mol. The third-order valence-corrected chi connectivity index (χ3v) is 6.36. The zero-order valence-electron chi connectivity index (χ0n) is 15.0. The number of nitrogens with zero attached hydrogens (tertiary/aromatic N) is 1. The Morgan fingerprint density at radius 1 is 1.14 bits per heavy atom. The number of aliphatic imine (C=N–C) groups is 1. The number of rotatable bonds is 2. The van der Waals surface area contributed by atoms with Crippen LogP contribution in [0.15, 0.2) is 47.5 Å². The third-order valence-electron chi connectivity index (χ3n) is 5.40. The Morgan fingerprint density at radius 2 is 1.93 bits per heavy atom. The first-order valence-electron chi connectivity index (χ1n) is 8.91. The molecule has 0 amide bonds. The fraction of sp³-hybridized carbons (Fsp3) is 0.350. The molecule has 2 aliphatic heterocycles. The molecular weight excluding hydrogens is 411 g/mol. The van der Waals surface area contributed by atoms with Crippen molar-refractivity contribution >= 4 is 16.9 Å². The normalized spacial score (nSPS) is 27.3. The van der Waals surface area contributed by atoms with Gasteiger partial charge in [0.2, 0.25) is 0 Å². The summed E-state index contributed by atoms with van der Waals surface area (Å²) in [6.07, 6.45) is -4.71. The van der Waals surface area contributed by atoms with Crippen LogP contribution in [0, 0.1) is 17.6 Å². The number of hydrogen-bond donors (Lipinski definition) is 1. The van der Waals surface area contributed by atoms with Crippen LogP contribution >= 0.6 is 11.8 Å². The second kappa shape index (κ2) is 7.28. The van der Waals surface area contributed by atoms with Crippen molar-refractivity contribution in [3.63, 3.8) is 0 Å². The number of halogens is 5. The lowest BCUT2D eigenvalue weighted by Gasteiger charge is -2.46. The van der Waals surface area contributed by atoms with Gasteiger partial charge < -0.3 is 10.5 Å². The highest BCUT2D eigenvalue weighted by molar-refractivity contribution is 8.13. The molecule has 0 radical (unpaired) electrons. The molecule has 0 aliphatic carbocycles. The number of fused-ring (bicyclic) bond motifs is 1. The van der Waals surface area contributed by atoms with Gasteiger partial charge in [-0.3, -0.25) is 0 Å². The van der Waals surface area contributed by atoms with E-state index in [0.29, 0.717) is 17.7 Å². The Kier molecular flexibility index (Phi) is 5.06. The van der Waals surface area contributed by atoms with E-state index in [1.165, 1.54) is 23.9 Å². The molecule has 1 fully saturated rings. The van der Waals surface area contributed by atoms with Crippen LogP contribution in [-0.4, -0.2) is 17.5 Å². The smallest absolute Gasteiger partial charge is 0.379 e. The molecule has 2 N–H and O–H groups in total. The van der Waals surface area contributed by atoms with Crippen molar-refractivity contribution < 1.29 is 26.7 Å². The highest BCUT2D eigenvalue weighted by atomic mass is 32.2. The maximum Gasteiger partial charge on any atom is 0.416 e. The molecule has 0 saturated carbocycles. The van der Waals surface area contributed by atoms with E-state index in [4.69, 9.17) is 10.5 Å². The number of nitrogens with two attached hydrogens (primary N) is 1. The van der Waals surface area contributed by atoms with E-state index in [1.807, 2.05) is 0 Å². The maximum atomic E-state index is 14.6. The second-order valence-electron chi connectivity index (χ2n) is 7.16. The van der Waals surface area contributed by atoms with Crippen LogP contribution in [0.25, 0.3) is 0 Å². The average Bonchev–Trinajstić information content (AvgIpc) is 2.66. The molecule has 29 heavy (non-hydrogen) atoms. The van der Waals surface area contributed by atoms with Gasteiger partial charge in [-0.2, -0.15) is 13.2 Å². The van der Waals surface area contributed by atoms with Gasteiger partial charge in [0.1, 0.15) is 17.2 Å². The molecule has 9 heteroatoms. The van der Waals surface area contributed by atoms with Gasteiger partial charge in [0.15, 0.2) is 5.17 Å². The molecule has 0 aromatic heterocycles. The quantitative estimate of drug-likeness (QED) is 0.684. The summed E-state index contributed by atoms with van der Waals surface area (Å²) in [6.45, 7) is -0.0671. The van der Waals surface area contributed by atoms with Gasteiger partial charge in [-0.25, -0.2) is 13.8 Å². The zero-order valence-corrected chi connectivity index (χ0v) is 15.9. The predicted octanol–water partition coefficient (Wildman–Crippen LogP) is 5.02. The van der Waals surface area contributed by atoms with E-state index in [0.717, 1.165) is 24.3 Å². The highest BCUT2D eigenvalue weighted by Crippen LogP contribution is 2.49. The van der Waals surface area contributed by atoms with Gasteiger partial charge in [-0.15, -0.1) is 0 Å². The van der Waals surface area contributed by atoms with Crippen molar-refractivity contribution in [1.29, 1.82) is 0 Å². The van der Waals surface area contributed by atoms with Crippen LogP contribution in [0.1, 0.15) is 29.2 Å². The van der Waals surface area contributed by atoms with Crippen molar-refractivity contribution in [2.45, 2.75) is 24.2 Å². The Bertz CT molecular complexity index is 964. The standard InChI is InChI=1S/C20H17F5N2OS/c21-14-4-5-15(16(22)8-14)19-10-28-17(7-13(19)9-29-18(26)27-19)11-2-1-3-12(6-11)20(23,24)25/h1-6,8,13,17H,7,9-10H2,(H2,26,27)/t13-,17+,19-/m0/s1. The lowest BCUT2D eigenvalue weighted by Crippen LogP contribution is -2.48. The lowest BCUT2D eigenvalue weighted by molar-refractivity contribution is -0.137. The minimum Gasteiger partial charge on any atom is -0.379 e. The molecule has 154 valence electrons. The first-order chi connectivity index (χ1) is 13.7. The topological polar surface area (TPSA) is 47.6 Å². The van der Waals surface area contributed by atoms with Crippen molar-refractivity contribution in [2.24, 2.45) is 16.6 Å². The van der Waals surface area contributed by atoms with Crippen LogP contribution < -0.4 is 5.73 Å². The molecule has 3 nitrogen and oxygen atoms in total. The summed E-state index contributed by atoms with van der Waals surface area (Å²) in [4.78, 5) is 4.47. The molecule has 2 aromatic carbocycles. The summed E-state index contributed by atoms with van der Waals surface area (Å²) < 4.78 is 73.1. The first-order valence-corrected chi connectivity index (χ1v) is 9.90. The van der Waals surface area contributed by atoms with E-state index in [1.54, 1.807) is 6.07 Å². The van der Waals surface area contributed by atoms with Crippen LogP contribution in [0.5, 0.6) is 0 Å². The molecule has 1 saturated heterocycles. The minimum absolute atomic E-state index is 0.0671. The molecule has 0 bridgehead atoms. The SMILES string of the molecule is NC1=N[C@@]2(c3ccc(F)cc3F)CO[C@@H](c3cccc(C(F)(F)F)c3)C[C@H]2CS1. The van der Waals surface area contributed by atoms with E-state index in [2.05, 4.69) is 4.99 Å². The van der Waals surface area contributed by atoms with Gasteiger partial charge in [0.25, 0.3) is 0 Å². The lowest BCUT2D eigenvalue weighted by atomic mass is 9.74. The number of thioether (sulfide) groups is 1. The van der Waals surface area contributed by atoms with E-state index < -0.39 is 35.0 Å². The first kappa shape index (κ1) is 20.2. The molecule has 0 unspecified atom stereocenters. The van der Waals surface area contributed by atoms with Crippen LogP contribution in [0.4, 0.5) is 22.0 Å². The summed E-state index contributed by atoms with van der Waals surface area (Å²) in [5.41, 5.74) is 4.59. The van der Waals surface area contributed by atoms with Gasteiger partial charge in [-0.1, -0.05) is 30.0 Å². The zero-order chi connectivity index (χ0) is 20.8. The number of amidine groups is 1. The van der Waals surface area contributed by atoms with E-state index >= 15 is 0 Å². The summed E-state index contributed by atoms with van der Waals surface area (Å²) in [6, 6.07) is 8.27. The Balaban J connectivity index is 1.69. The van der Waals surface area contributed by atoms with E-state index in [-0.39, 0.29) is 23.3 Å². The summed E-state index contributed by atoms with van der Waals surface area (Å²) >= 11 is 1.31. The Hall–Kier alpha value is -2.13. The summed E-state index contributed by atoms with van der Waals surface area (Å²) in [5, 5.41) is 0.270. The molecule has 0 spiro atoms. The number of benzene rings is 2. The third kappa shape index (κ3) is 3.73. The molecule has 3 atom stereocenters. The van der Waals surface area contributed by atoms with Gasteiger partial charge in [0.05, 0.1) is 18.3 Å². The number of ether oxygens (including phenoxy) is 1. The van der Waals surface area contributed by atoms with Crippen molar-refractivity contribution in [3.05, 3.63) is 70.8 Å². The molecule has 4 rings (SSSR count). The summed E-state index contributed by atoms with van der Waals surface area (Å²) in [5.74, 6) is -1.20. The fourth-order valence-corrected chi connectivity index (χ4v) is 4.97. The monoisotopic (exact) mass is 428 g/mol. The Labute approximate surface area is 168 Å². The van der Waals surface area contributed by atoms with E-state index in [9.17, 15) is 22.0 Å². The molecule has 2 aromatic rings. The Morgan fingerprint density at radius 3 is 2.66 bits per heavy atom.